The summed E-state index contributed by atoms with van der Waals surface area (Å²) >= 11 is 1.96. The number of nitrogens with zero attached hydrogens (tertiary/aromatic N) is 1. The lowest BCUT2D eigenvalue weighted by molar-refractivity contribution is -0.140. The highest BCUT2D eigenvalue weighted by Crippen LogP contribution is 2.31. The smallest absolute Gasteiger partial charge is 0.382 e. The van der Waals surface area contributed by atoms with Crippen LogP contribution in [0, 0.1) is 3.70 Å². The maximum Gasteiger partial charge on any atom is 0.406 e. The number of anilines is 1. The zero-order chi connectivity index (χ0) is 15.7. The Morgan fingerprint density at radius 1 is 1.27 bits per heavy atom. The molecule has 1 aliphatic heterocycles. The summed E-state index contributed by atoms with van der Waals surface area (Å²) in [4.78, 5) is 0. The molecule has 1 fully saturated rings. The van der Waals surface area contributed by atoms with Gasteiger partial charge in [0.2, 0.25) is 0 Å². The summed E-state index contributed by atoms with van der Waals surface area (Å²) in [6.45, 7) is 0.482. The topological polar surface area (TPSA) is 26.2 Å². The average molecular weight is 424 g/mol. The van der Waals surface area contributed by atoms with Crippen LogP contribution < -0.4 is 5.32 Å². The summed E-state index contributed by atoms with van der Waals surface area (Å²) in [5.41, 5.74) is 1.50. The number of fused-ring (bicyclic) bond motifs is 1. The normalized spacial score (nSPS) is 17.1. The third-order valence-corrected chi connectivity index (χ3v) is 4.71. The molecular formula is C15H16F3IN2O. The minimum absolute atomic E-state index is 0.308. The highest BCUT2D eigenvalue weighted by atomic mass is 127. The molecule has 1 aromatic heterocycles. The van der Waals surface area contributed by atoms with Gasteiger partial charge in [-0.1, -0.05) is 6.07 Å². The molecule has 1 saturated heterocycles. The fourth-order valence-corrected chi connectivity index (χ4v) is 3.52. The molecule has 7 heteroatoms. The standard InChI is InChI=1S/C15H16F3IN2O/c16-15(17,18)9-21-13-3-1-2-12(11(13)8-14(21)19)20-10-4-6-22-7-5-10/h1-3,8,10,20H,4-7,9H2. The molecule has 0 radical (unpaired) electrons. The number of benzene rings is 1. The molecule has 0 spiro atoms. The van der Waals surface area contributed by atoms with Gasteiger partial charge < -0.3 is 14.6 Å². The van der Waals surface area contributed by atoms with Gasteiger partial charge in [-0.15, -0.1) is 0 Å². The van der Waals surface area contributed by atoms with E-state index < -0.39 is 12.7 Å². The molecule has 2 aromatic rings. The van der Waals surface area contributed by atoms with Crippen LogP contribution >= 0.6 is 22.6 Å². The fourth-order valence-electron chi connectivity index (χ4n) is 2.78. The SMILES string of the molecule is FC(F)(F)Cn1c(I)cc2c(NC3CCOCC3)cccc21. The van der Waals surface area contributed by atoms with Crippen molar-refractivity contribution in [1.82, 2.24) is 4.57 Å². The first kappa shape index (κ1) is 15.9. The largest absolute Gasteiger partial charge is 0.406 e. The van der Waals surface area contributed by atoms with E-state index in [0.29, 0.717) is 15.3 Å². The second-order valence-electron chi connectivity index (χ2n) is 5.44. The Bertz CT molecular complexity index is 663. The molecule has 3 nitrogen and oxygen atoms in total. The summed E-state index contributed by atoms with van der Waals surface area (Å²) in [6.07, 6.45) is -2.40. The van der Waals surface area contributed by atoms with Crippen LogP contribution in [0.25, 0.3) is 10.9 Å². The van der Waals surface area contributed by atoms with E-state index in [1.54, 1.807) is 12.1 Å². The molecule has 120 valence electrons. The van der Waals surface area contributed by atoms with Crippen LogP contribution in [0.15, 0.2) is 24.3 Å². The van der Waals surface area contributed by atoms with Crippen molar-refractivity contribution in [3.05, 3.63) is 28.0 Å². The lowest BCUT2D eigenvalue weighted by atomic mass is 10.1. The highest BCUT2D eigenvalue weighted by Gasteiger charge is 2.29. The Kier molecular flexibility index (Phi) is 4.54. The Morgan fingerprint density at radius 2 is 2.00 bits per heavy atom. The number of halogens is 4. The van der Waals surface area contributed by atoms with Crippen LogP contribution in [0.1, 0.15) is 12.8 Å². The van der Waals surface area contributed by atoms with Gasteiger partial charge >= 0.3 is 6.18 Å². The van der Waals surface area contributed by atoms with Crippen LogP contribution in [0.4, 0.5) is 18.9 Å². The molecule has 0 bridgehead atoms. The first-order valence-corrected chi connectivity index (χ1v) is 8.21. The van der Waals surface area contributed by atoms with Crippen molar-refractivity contribution in [3.63, 3.8) is 0 Å². The van der Waals surface area contributed by atoms with Crippen molar-refractivity contribution < 1.29 is 17.9 Å². The summed E-state index contributed by atoms with van der Waals surface area (Å²) in [7, 11) is 0. The van der Waals surface area contributed by atoms with E-state index in [0.717, 1.165) is 37.1 Å². The van der Waals surface area contributed by atoms with Gasteiger partial charge in [0.15, 0.2) is 0 Å². The Labute approximate surface area is 140 Å². The zero-order valence-electron chi connectivity index (χ0n) is 11.8. The summed E-state index contributed by atoms with van der Waals surface area (Å²) in [5, 5.41) is 4.29. The van der Waals surface area contributed by atoms with Crippen LogP contribution in [0.2, 0.25) is 0 Å². The van der Waals surface area contributed by atoms with Crippen molar-refractivity contribution >= 4 is 39.2 Å². The minimum atomic E-state index is -4.23. The van der Waals surface area contributed by atoms with Gasteiger partial charge in [0.25, 0.3) is 0 Å². The molecule has 22 heavy (non-hydrogen) atoms. The van der Waals surface area contributed by atoms with Gasteiger partial charge in [-0.2, -0.15) is 13.2 Å². The molecular weight excluding hydrogens is 408 g/mol. The molecule has 0 aliphatic carbocycles. The molecule has 1 aliphatic rings. The predicted molar refractivity (Wildman–Crippen MR) is 88.2 cm³/mol. The predicted octanol–water partition coefficient (Wildman–Crippen LogP) is 4.40. The lowest BCUT2D eigenvalue weighted by Gasteiger charge is -2.24. The van der Waals surface area contributed by atoms with Gasteiger partial charge in [-0.05, 0) is 53.6 Å². The van der Waals surface area contributed by atoms with Crippen molar-refractivity contribution in [3.8, 4) is 0 Å². The van der Waals surface area contributed by atoms with E-state index in [1.165, 1.54) is 4.57 Å². The van der Waals surface area contributed by atoms with Crippen LogP contribution in [0.5, 0.6) is 0 Å². The van der Waals surface area contributed by atoms with Crippen molar-refractivity contribution in [2.24, 2.45) is 0 Å². The van der Waals surface area contributed by atoms with E-state index >= 15 is 0 Å². The third-order valence-electron chi connectivity index (χ3n) is 3.81. The second kappa shape index (κ2) is 6.27. The molecule has 1 N–H and O–H groups in total. The number of hydrogen-bond acceptors (Lipinski definition) is 2. The summed E-state index contributed by atoms with van der Waals surface area (Å²) in [5.74, 6) is 0. The van der Waals surface area contributed by atoms with Gasteiger partial charge in [0.1, 0.15) is 6.54 Å². The number of aromatic nitrogens is 1. The maximum atomic E-state index is 12.7. The molecule has 0 atom stereocenters. The lowest BCUT2D eigenvalue weighted by Crippen LogP contribution is -2.27. The Balaban J connectivity index is 1.93. The van der Waals surface area contributed by atoms with Crippen molar-refractivity contribution in [2.75, 3.05) is 18.5 Å². The second-order valence-corrected chi connectivity index (χ2v) is 6.54. The third kappa shape index (κ3) is 3.51. The van der Waals surface area contributed by atoms with Gasteiger partial charge in [-0.3, -0.25) is 0 Å². The minimum Gasteiger partial charge on any atom is -0.382 e. The van der Waals surface area contributed by atoms with E-state index in [-0.39, 0.29) is 0 Å². The molecule has 1 aromatic carbocycles. The van der Waals surface area contributed by atoms with Crippen LogP contribution in [-0.4, -0.2) is 30.0 Å². The number of rotatable bonds is 3. The summed E-state index contributed by atoms with van der Waals surface area (Å²) in [6, 6.07) is 7.57. The van der Waals surface area contributed by atoms with E-state index in [1.807, 2.05) is 34.7 Å². The fraction of sp³-hybridized carbons (Fsp3) is 0.467. The maximum absolute atomic E-state index is 12.7. The molecule has 0 amide bonds. The number of nitrogens with one attached hydrogen (secondary N) is 1. The molecule has 3 rings (SSSR count). The van der Waals surface area contributed by atoms with E-state index in [2.05, 4.69) is 5.32 Å². The zero-order valence-corrected chi connectivity index (χ0v) is 13.9. The number of ether oxygens (including phenoxy) is 1. The summed E-state index contributed by atoms with van der Waals surface area (Å²) < 4.78 is 45.5. The number of alkyl halides is 3. The van der Waals surface area contributed by atoms with Crippen molar-refractivity contribution in [2.45, 2.75) is 31.6 Å². The van der Waals surface area contributed by atoms with Crippen LogP contribution in [0.3, 0.4) is 0 Å². The van der Waals surface area contributed by atoms with Crippen LogP contribution in [-0.2, 0) is 11.3 Å². The number of hydrogen-bond donors (Lipinski definition) is 1. The average Bonchev–Trinajstić information content (AvgIpc) is 2.76. The molecule has 2 heterocycles. The molecule has 0 saturated carbocycles. The highest BCUT2D eigenvalue weighted by molar-refractivity contribution is 14.1. The molecule has 0 unspecified atom stereocenters. The first-order chi connectivity index (χ1) is 10.4. The van der Waals surface area contributed by atoms with Gasteiger partial charge in [-0.25, -0.2) is 0 Å². The van der Waals surface area contributed by atoms with Gasteiger partial charge in [0, 0.05) is 30.3 Å². The quantitative estimate of drug-likeness (QED) is 0.740. The van der Waals surface area contributed by atoms with E-state index in [4.69, 9.17) is 4.74 Å². The van der Waals surface area contributed by atoms with E-state index in [9.17, 15) is 13.2 Å². The van der Waals surface area contributed by atoms with Gasteiger partial charge in [0.05, 0.1) is 9.22 Å². The first-order valence-electron chi connectivity index (χ1n) is 7.13. The Morgan fingerprint density at radius 3 is 2.68 bits per heavy atom. The monoisotopic (exact) mass is 424 g/mol. The Hall–Kier alpha value is -0.960. The van der Waals surface area contributed by atoms with Crippen molar-refractivity contribution in [1.29, 1.82) is 0 Å².